The molecule has 0 saturated carbocycles. The minimum Gasteiger partial charge on any atom is -0.494 e. The van der Waals surface area contributed by atoms with Crippen LogP contribution in [0, 0.1) is 0 Å². The molecule has 1 unspecified atom stereocenters. The van der Waals surface area contributed by atoms with Gasteiger partial charge in [-0.3, -0.25) is 9.69 Å². The third-order valence-electron chi connectivity index (χ3n) is 8.90. The summed E-state index contributed by atoms with van der Waals surface area (Å²) in [4.78, 5) is 19.5. The summed E-state index contributed by atoms with van der Waals surface area (Å²) in [6.07, 6.45) is 7.91. The second-order valence-electron chi connectivity index (χ2n) is 12.2. The number of ether oxygens (including phenoxy) is 3. The monoisotopic (exact) mass is 650 g/mol. The van der Waals surface area contributed by atoms with Crippen molar-refractivity contribution in [3.8, 4) is 11.5 Å². The number of piperazine rings is 1. The number of aromatic nitrogens is 1. The molecule has 0 aliphatic carbocycles. The number of nitrogens with one attached hydrogen (secondary N) is 2. The van der Waals surface area contributed by atoms with Gasteiger partial charge in [0.05, 0.1) is 18.7 Å². The summed E-state index contributed by atoms with van der Waals surface area (Å²) >= 11 is 1.82. The standard InChI is InChI=1S/C38H42N4O4S/c43-37-14-10-28-8-12-30(26-33(28)39-37)45-23-3-4-24-46-38-15-11-29-9-13-31(27-34(29)40-38)44-22-2-1-17-41-18-20-42(21-19-41)35-6-5-7-36-32(35)16-25-47-36/h5-16,25-27,38,40H,1-4,17-24H2,(H,39,43). The van der Waals surface area contributed by atoms with E-state index in [1.807, 2.05) is 41.7 Å². The maximum atomic E-state index is 11.6. The molecule has 7 rings (SSSR count). The molecule has 47 heavy (non-hydrogen) atoms. The van der Waals surface area contributed by atoms with Crippen LogP contribution < -0.4 is 25.2 Å². The highest BCUT2D eigenvalue weighted by atomic mass is 32.1. The minimum atomic E-state index is -0.172. The Bertz CT molecular complexity index is 1880. The number of rotatable bonds is 14. The van der Waals surface area contributed by atoms with Crippen molar-refractivity contribution in [1.82, 2.24) is 9.88 Å². The number of thiophene rings is 1. The number of pyridine rings is 1. The summed E-state index contributed by atoms with van der Waals surface area (Å²) < 4.78 is 19.5. The molecule has 1 atom stereocenters. The normalized spacial score (nSPS) is 16.3. The third-order valence-corrected chi connectivity index (χ3v) is 9.78. The molecule has 5 aromatic rings. The average molecular weight is 651 g/mol. The first-order valence-corrected chi connectivity index (χ1v) is 17.6. The highest BCUT2D eigenvalue weighted by molar-refractivity contribution is 7.17. The minimum absolute atomic E-state index is 0.112. The average Bonchev–Trinajstić information content (AvgIpc) is 3.59. The van der Waals surface area contributed by atoms with Crippen LogP contribution >= 0.6 is 11.3 Å². The molecule has 0 amide bonds. The van der Waals surface area contributed by atoms with E-state index in [1.165, 1.54) is 21.8 Å². The van der Waals surface area contributed by atoms with Crippen molar-refractivity contribution < 1.29 is 14.2 Å². The topological polar surface area (TPSA) is 79.1 Å². The van der Waals surface area contributed by atoms with Crippen molar-refractivity contribution in [1.29, 1.82) is 0 Å². The van der Waals surface area contributed by atoms with E-state index < -0.39 is 0 Å². The van der Waals surface area contributed by atoms with E-state index in [-0.39, 0.29) is 11.8 Å². The van der Waals surface area contributed by atoms with Crippen molar-refractivity contribution in [3.63, 3.8) is 0 Å². The van der Waals surface area contributed by atoms with E-state index in [9.17, 15) is 4.79 Å². The molecular formula is C38H42N4O4S. The zero-order valence-corrected chi connectivity index (χ0v) is 27.5. The Hall–Kier alpha value is -4.31. The molecule has 8 nitrogen and oxygen atoms in total. The molecule has 0 spiro atoms. The number of benzene rings is 3. The van der Waals surface area contributed by atoms with Crippen molar-refractivity contribution in [2.24, 2.45) is 0 Å². The number of nitrogens with zero attached hydrogens (tertiary/aromatic N) is 2. The SMILES string of the molecule is O=c1ccc2ccc(OCCCCOC3C=Cc4ccc(OCCCCN5CCN(c6cccc7sccc67)CC5)cc4N3)cc2[nH]1. The van der Waals surface area contributed by atoms with Crippen molar-refractivity contribution in [2.75, 3.05) is 62.8 Å². The first-order chi connectivity index (χ1) is 23.2. The van der Waals surface area contributed by atoms with Crippen molar-refractivity contribution in [3.05, 3.63) is 100 Å². The summed E-state index contributed by atoms with van der Waals surface area (Å²) in [6, 6.07) is 24.2. The number of H-pyrrole nitrogens is 1. The lowest BCUT2D eigenvalue weighted by Gasteiger charge is -2.36. The quantitative estimate of drug-likeness (QED) is 0.122. The van der Waals surface area contributed by atoms with Gasteiger partial charge in [0.15, 0.2) is 0 Å². The first kappa shape index (κ1) is 31.3. The molecule has 0 radical (unpaired) electrons. The molecule has 1 fully saturated rings. The molecule has 2 aromatic heterocycles. The van der Waals surface area contributed by atoms with Crippen LogP contribution in [-0.2, 0) is 4.74 Å². The first-order valence-electron chi connectivity index (χ1n) is 16.7. The van der Waals surface area contributed by atoms with Gasteiger partial charge in [-0.25, -0.2) is 0 Å². The lowest BCUT2D eigenvalue weighted by Crippen LogP contribution is -2.46. The van der Waals surface area contributed by atoms with Gasteiger partial charge in [-0.05, 0) is 103 Å². The predicted molar refractivity (Wildman–Crippen MR) is 193 cm³/mol. The van der Waals surface area contributed by atoms with Gasteiger partial charge >= 0.3 is 0 Å². The van der Waals surface area contributed by atoms with Crippen LogP contribution in [0.5, 0.6) is 11.5 Å². The Kier molecular flexibility index (Phi) is 10.0. The Labute approximate surface area is 279 Å². The lowest BCUT2D eigenvalue weighted by molar-refractivity contribution is 0.0969. The molecule has 2 aliphatic rings. The number of hydrogen-bond acceptors (Lipinski definition) is 8. The van der Waals surface area contributed by atoms with Crippen LogP contribution in [-0.4, -0.2) is 68.7 Å². The molecule has 244 valence electrons. The smallest absolute Gasteiger partial charge is 0.248 e. The van der Waals surface area contributed by atoms with Crippen LogP contribution in [0.3, 0.4) is 0 Å². The van der Waals surface area contributed by atoms with E-state index >= 15 is 0 Å². The van der Waals surface area contributed by atoms with E-state index in [4.69, 9.17) is 14.2 Å². The van der Waals surface area contributed by atoms with Crippen molar-refractivity contribution >= 4 is 49.8 Å². The summed E-state index contributed by atoms with van der Waals surface area (Å²) in [7, 11) is 0. The van der Waals surface area contributed by atoms with Crippen LogP contribution in [0.1, 0.15) is 31.2 Å². The Balaban J connectivity index is 0.770. The molecule has 4 heterocycles. The van der Waals surface area contributed by atoms with Crippen LogP contribution in [0.2, 0.25) is 0 Å². The highest BCUT2D eigenvalue weighted by Gasteiger charge is 2.19. The molecule has 0 bridgehead atoms. The number of hydrogen-bond donors (Lipinski definition) is 2. The molecule has 3 aromatic carbocycles. The van der Waals surface area contributed by atoms with Gasteiger partial charge in [-0.15, -0.1) is 11.3 Å². The van der Waals surface area contributed by atoms with Gasteiger partial charge in [0.1, 0.15) is 17.7 Å². The van der Waals surface area contributed by atoms with Crippen LogP contribution in [0.4, 0.5) is 11.4 Å². The number of unbranched alkanes of at least 4 members (excludes halogenated alkanes) is 2. The predicted octanol–water partition coefficient (Wildman–Crippen LogP) is 7.36. The second-order valence-corrected chi connectivity index (χ2v) is 13.1. The van der Waals surface area contributed by atoms with E-state index in [2.05, 4.69) is 74.0 Å². The van der Waals surface area contributed by atoms with E-state index in [1.54, 1.807) is 0 Å². The molecular weight excluding hydrogens is 609 g/mol. The van der Waals surface area contributed by atoms with Gasteiger partial charge in [-0.2, -0.15) is 0 Å². The van der Waals surface area contributed by atoms with Gasteiger partial charge in [0.25, 0.3) is 0 Å². The van der Waals surface area contributed by atoms with E-state index in [0.717, 1.165) is 92.1 Å². The van der Waals surface area contributed by atoms with Crippen molar-refractivity contribution in [2.45, 2.75) is 31.9 Å². The van der Waals surface area contributed by atoms with Crippen LogP contribution in [0.15, 0.2) is 89.0 Å². The van der Waals surface area contributed by atoms with Gasteiger partial charge in [-0.1, -0.05) is 12.1 Å². The molecule has 2 N–H and O–H groups in total. The number of aromatic amines is 1. The third kappa shape index (κ3) is 7.99. The van der Waals surface area contributed by atoms with Gasteiger partial charge in [0, 0.05) is 72.4 Å². The summed E-state index contributed by atoms with van der Waals surface area (Å²) in [6.45, 7) is 7.43. The largest absolute Gasteiger partial charge is 0.494 e. The highest BCUT2D eigenvalue weighted by Crippen LogP contribution is 2.31. The Morgan fingerprint density at radius 1 is 0.809 bits per heavy atom. The Morgan fingerprint density at radius 2 is 1.60 bits per heavy atom. The summed E-state index contributed by atoms with van der Waals surface area (Å²) in [5.41, 5.74) is 4.22. The zero-order valence-electron chi connectivity index (χ0n) is 26.7. The molecule has 2 aliphatic heterocycles. The molecule has 9 heteroatoms. The fraction of sp³-hybridized carbons (Fsp3) is 0.342. The van der Waals surface area contributed by atoms with Gasteiger partial charge < -0.3 is 29.4 Å². The van der Waals surface area contributed by atoms with Gasteiger partial charge in [0.2, 0.25) is 5.56 Å². The number of anilines is 2. The summed E-state index contributed by atoms with van der Waals surface area (Å²) in [5, 5.41) is 8.05. The van der Waals surface area contributed by atoms with Crippen LogP contribution in [0.25, 0.3) is 27.1 Å². The second kappa shape index (κ2) is 15.1. The zero-order chi connectivity index (χ0) is 31.8. The maximum Gasteiger partial charge on any atom is 0.248 e. The Morgan fingerprint density at radius 3 is 2.49 bits per heavy atom. The fourth-order valence-electron chi connectivity index (χ4n) is 6.30. The summed E-state index contributed by atoms with van der Waals surface area (Å²) in [5.74, 6) is 1.64. The molecule has 1 saturated heterocycles. The number of fused-ring (bicyclic) bond motifs is 3. The maximum absolute atomic E-state index is 11.6. The van der Waals surface area contributed by atoms with E-state index in [0.29, 0.717) is 19.8 Å². The fourth-order valence-corrected chi connectivity index (χ4v) is 7.11. The lowest BCUT2D eigenvalue weighted by atomic mass is 10.1.